The van der Waals surface area contributed by atoms with Crippen LogP contribution in [0.4, 0.5) is 0 Å². The first-order valence-electron chi connectivity index (χ1n) is 9.65. The van der Waals surface area contributed by atoms with E-state index in [-0.39, 0.29) is 24.1 Å². The Morgan fingerprint density at radius 1 is 1.04 bits per heavy atom. The van der Waals surface area contributed by atoms with Crippen LogP contribution >= 0.6 is 0 Å². The molecule has 1 aliphatic carbocycles. The lowest BCUT2D eigenvalue weighted by Gasteiger charge is -2.16. The zero-order valence-electron chi connectivity index (χ0n) is 15.9. The SMILES string of the molecule is Cc1ccc(-n2c(=O)c3ccccc3n(CC(=O)NC3CCCC3)c2=O)cc1. The molecular formula is C22H23N3O3. The highest BCUT2D eigenvalue weighted by Gasteiger charge is 2.20. The van der Waals surface area contributed by atoms with Crippen molar-refractivity contribution >= 4 is 16.8 Å². The molecule has 3 aromatic rings. The Hall–Kier alpha value is -3.15. The van der Waals surface area contributed by atoms with Crippen LogP contribution in [0.25, 0.3) is 16.6 Å². The van der Waals surface area contributed by atoms with Gasteiger partial charge >= 0.3 is 5.69 Å². The molecule has 1 amide bonds. The lowest BCUT2D eigenvalue weighted by molar-refractivity contribution is -0.122. The Morgan fingerprint density at radius 2 is 1.71 bits per heavy atom. The van der Waals surface area contributed by atoms with Crippen LogP contribution in [0.5, 0.6) is 0 Å². The van der Waals surface area contributed by atoms with Gasteiger partial charge in [0.05, 0.1) is 16.6 Å². The molecule has 1 heterocycles. The highest BCUT2D eigenvalue weighted by atomic mass is 16.2. The van der Waals surface area contributed by atoms with Crippen LogP contribution in [-0.4, -0.2) is 21.1 Å². The van der Waals surface area contributed by atoms with Crippen molar-refractivity contribution in [1.29, 1.82) is 0 Å². The Kier molecular flexibility index (Phi) is 4.86. The van der Waals surface area contributed by atoms with Gasteiger partial charge in [-0.2, -0.15) is 0 Å². The molecule has 0 spiro atoms. The van der Waals surface area contributed by atoms with Gasteiger partial charge in [0.1, 0.15) is 6.54 Å². The number of nitrogens with one attached hydrogen (secondary N) is 1. The van der Waals surface area contributed by atoms with E-state index in [1.54, 1.807) is 36.4 Å². The minimum Gasteiger partial charge on any atom is -0.352 e. The van der Waals surface area contributed by atoms with E-state index in [4.69, 9.17) is 0 Å². The maximum Gasteiger partial charge on any atom is 0.336 e. The predicted molar refractivity (Wildman–Crippen MR) is 109 cm³/mol. The third-order valence-corrected chi connectivity index (χ3v) is 5.36. The van der Waals surface area contributed by atoms with Gasteiger partial charge < -0.3 is 5.32 Å². The summed E-state index contributed by atoms with van der Waals surface area (Å²) in [6, 6.07) is 14.3. The van der Waals surface area contributed by atoms with Gasteiger partial charge in [0.25, 0.3) is 5.56 Å². The highest BCUT2D eigenvalue weighted by Crippen LogP contribution is 2.17. The molecule has 1 aliphatic rings. The summed E-state index contributed by atoms with van der Waals surface area (Å²) in [7, 11) is 0. The largest absolute Gasteiger partial charge is 0.352 e. The van der Waals surface area contributed by atoms with Gasteiger partial charge in [-0.1, -0.05) is 42.7 Å². The van der Waals surface area contributed by atoms with E-state index in [2.05, 4.69) is 5.32 Å². The molecule has 1 fully saturated rings. The number of para-hydroxylation sites is 1. The van der Waals surface area contributed by atoms with Gasteiger partial charge in [0, 0.05) is 6.04 Å². The molecule has 2 aromatic carbocycles. The van der Waals surface area contributed by atoms with Gasteiger partial charge in [-0.05, 0) is 44.0 Å². The zero-order chi connectivity index (χ0) is 19.7. The third kappa shape index (κ3) is 3.38. The molecule has 0 bridgehead atoms. The highest BCUT2D eigenvalue weighted by molar-refractivity contribution is 5.82. The minimum atomic E-state index is -0.505. The molecule has 4 rings (SSSR count). The fourth-order valence-electron chi connectivity index (χ4n) is 3.88. The molecular weight excluding hydrogens is 354 g/mol. The number of rotatable bonds is 4. The van der Waals surface area contributed by atoms with Gasteiger partial charge in [-0.3, -0.25) is 14.2 Å². The van der Waals surface area contributed by atoms with Gasteiger partial charge in [-0.25, -0.2) is 9.36 Å². The molecule has 0 radical (unpaired) electrons. The van der Waals surface area contributed by atoms with Crippen LogP contribution in [0.1, 0.15) is 31.2 Å². The average Bonchev–Trinajstić information content (AvgIpc) is 3.20. The summed E-state index contributed by atoms with van der Waals surface area (Å²) in [5.74, 6) is -0.201. The Balaban J connectivity index is 1.82. The Morgan fingerprint density at radius 3 is 2.43 bits per heavy atom. The quantitative estimate of drug-likeness (QED) is 0.759. The smallest absolute Gasteiger partial charge is 0.336 e. The molecule has 1 aromatic heterocycles. The monoisotopic (exact) mass is 377 g/mol. The summed E-state index contributed by atoms with van der Waals surface area (Å²) in [6.07, 6.45) is 4.19. The number of amides is 1. The maximum absolute atomic E-state index is 13.2. The van der Waals surface area contributed by atoms with Crippen molar-refractivity contribution in [3.05, 3.63) is 74.9 Å². The number of benzene rings is 2. The summed E-state index contributed by atoms with van der Waals surface area (Å²) in [5.41, 5.74) is 1.12. The molecule has 28 heavy (non-hydrogen) atoms. The van der Waals surface area contributed by atoms with Crippen LogP contribution in [0, 0.1) is 6.92 Å². The van der Waals surface area contributed by atoms with Gasteiger partial charge in [-0.15, -0.1) is 0 Å². The molecule has 0 aliphatic heterocycles. The Labute approximate surface area is 162 Å². The predicted octanol–water partition coefficient (Wildman–Crippen LogP) is 2.52. The van der Waals surface area contributed by atoms with Crippen molar-refractivity contribution in [3.63, 3.8) is 0 Å². The lowest BCUT2D eigenvalue weighted by Crippen LogP contribution is -2.43. The number of aryl methyl sites for hydroxylation is 1. The normalized spacial score (nSPS) is 14.5. The molecule has 0 atom stereocenters. The number of carbonyl (C=O) groups is 1. The molecule has 0 saturated heterocycles. The number of hydrogen-bond acceptors (Lipinski definition) is 3. The first kappa shape index (κ1) is 18.2. The second-order valence-corrected chi connectivity index (χ2v) is 7.41. The van der Waals surface area contributed by atoms with E-state index >= 15 is 0 Å². The standard InChI is InChI=1S/C22H23N3O3/c1-15-10-12-17(13-11-15)25-21(27)18-8-4-5-9-19(18)24(22(25)28)14-20(26)23-16-6-2-3-7-16/h4-5,8-13,16H,2-3,6-7,14H2,1H3,(H,23,26). The van der Waals surface area contributed by atoms with Gasteiger partial charge in [0.15, 0.2) is 0 Å². The first-order valence-corrected chi connectivity index (χ1v) is 9.65. The second kappa shape index (κ2) is 7.46. The fraction of sp³-hybridized carbons (Fsp3) is 0.318. The van der Waals surface area contributed by atoms with E-state index in [1.165, 1.54) is 4.57 Å². The van der Waals surface area contributed by atoms with Crippen molar-refractivity contribution in [1.82, 2.24) is 14.5 Å². The van der Waals surface area contributed by atoms with Crippen molar-refractivity contribution in [3.8, 4) is 5.69 Å². The van der Waals surface area contributed by atoms with Crippen LogP contribution in [0.15, 0.2) is 58.1 Å². The van der Waals surface area contributed by atoms with Crippen LogP contribution in [0.3, 0.4) is 0 Å². The molecule has 6 nitrogen and oxygen atoms in total. The number of carbonyl (C=O) groups excluding carboxylic acids is 1. The van der Waals surface area contributed by atoms with Gasteiger partial charge in [0.2, 0.25) is 5.91 Å². The summed E-state index contributed by atoms with van der Waals surface area (Å²) >= 11 is 0. The molecule has 144 valence electrons. The van der Waals surface area contributed by atoms with Crippen molar-refractivity contribution in [2.75, 3.05) is 0 Å². The van der Waals surface area contributed by atoms with E-state index in [1.807, 2.05) is 19.1 Å². The lowest BCUT2D eigenvalue weighted by atomic mass is 10.2. The van der Waals surface area contributed by atoms with Crippen molar-refractivity contribution < 1.29 is 4.79 Å². The Bertz CT molecular complexity index is 1140. The van der Waals surface area contributed by atoms with Crippen LogP contribution in [0.2, 0.25) is 0 Å². The van der Waals surface area contributed by atoms with Crippen LogP contribution < -0.4 is 16.6 Å². The fourth-order valence-corrected chi connectivity index (χ4v) is 3.88. The first-order chi connectivity index (χ1) is 13.5. The summed E-state index contributed by atoms with van der Waals surface area (Å²) < 4.78 is 2.53. The summed E-state index contributed by atoms with van der Waals surface area (Å²) in [6.45, 7) is 1.83. The number of nitrogens with zero attached hydrogens (tertiary/aromatic N) is 2. The van der Waals surface area contributed by atoms with E-state index in [9.17, 15) is 14.4 Å². The molecule has 0 unspecified atom stereocenters. The molecule has 1 saturated carbocycles. The van der Waals surface area contributed by atoms with E-state index in [0.29, 0.717) is 16.6 Å². The number of hydrogen-bond donors (Lipinski definition) is 1. The summed E-state index contributed by atoms with van der Waals surface area (Å²) in [5, 5.41) is 3.43. The number of fused-ring (bicyclic) bond motifs is 1. The summed E-state index contributed by atoms with van der Waals surface area (Å²) in [4.78, 5) is 38.8. The van der Waals surface area contributed by atoms with Crippen LogP contribution in [-0.2, 0) is 11.3 Å². The number of aromatic nitrogens is 2. The van der Waals surface area contributed by atoms with E-state index in [0.717, 1.165) is 35.8 Å². The van der Waals surface area contributed by atoms with E-state index < -0.39 is 5.69 Å². The zero-order valence-corrected chi connectivity index (χ0v) is 15.9. The third-order valence-electron chi connectivity index (χ3n) is 5.36. The minimum absolute atomic E-state index is 0.109. The topological polar surface area (TPSA) is 73.1 Å². The average molecular weight is 377 g/mol. The second-order valence-electron chi connectivity index (χ2n) is 7.41. The van der Waals surface area contributed by atoms with Crippen molar-refractivity contribution in [2.24, 2.45) is 0 Å². The molecule has 1 N–H and O–H groups in total. The van der Waals surface area contributed by atoms with Crippen molar-refractivity contribution in [2.45, 2.75) is 45.2 Å². The molecule has 6 heteroatoms. The maximum atomic E-state index is 13.2.